The Labute approximate surface area is 160 Å². The van der Waals surface area contributed by atoms with Crippen LogP contribution in [0.2, 0.25) is 0 Å². The average Bonchev–Trinajstić information content (AvgIpc) is 2.73. The van der Waals surface area contributed by atoms with E-state index in [4.69, 9.17) is 0 Å². The molecule has 0 aliphatic rings. The number of amides is 1. The first kappa shape index (κ1) is 18.6. The van der Waals surface area contributed by atoms with Crippen molar-refractivity contribution in [3.8, 4) is 0 Å². The Hall–Kier alpha value is -3.14. The molecule has 1 amide bonds. The third kappa shape index (κ3) is 5.17. The Balaban J connectivity index is 1.85. The molecule has 0 bridgehead atoms. The van der Waals surface area contributed by atoms with Gasteiger partial charge in [-0.15, -0.1) is 0 Å². The van der Waals surface area contributed by atoms with Gasteiger partial charge in [0.2, 0.25) is 0 Å². The summed E-state index contributed by atoms with van der Waals surface area (Å²) in [6.45, 7) is 3.54. The van der Waals surface area contributed by atoms with E-state index in [0.717, 1.165) is 36.3 Å². The van der Waals surface area contributed by atoms with Gasteiger partial charge in [-0.1, -0.05) is 61.9 Å². The maximum absolute atomic E-state index is 13.3. The zero-order valence-corrected chi connectivity index (χ0v) is 15.6. The molecular weight excluding hydrogens is 334 g/mol. The van der Waals surface area contributed by atoms with E-state index in [1.54, 1.807) is 17.3 Å². The van der Waals surface area contributed by atoms with E-state index in [1.807, 2.05) is 66.7 Å². The molecule has 0 spiro atoms. The lowest BCUT2D eigenvalue weighted by Gasteiger charge is -2.23. The number of pyridine rings is 1. The zero-order chi connectivity index (χ0) is 18.9. The van der Waals surface area contributed by atoms with E-state index in [-0.39, 0.29) is 5.91 Å². The highest BCUT2D eigenvalue weighted by molar-refractivity contribution is 6.06. The third-order valence-corrected chi connectivity index (χ3v) is 4.34. The van der Waals surface area contributed by atoms with Gasteiger partial charge in [-0.25, -0.2) is 0 Å². The molecule has 27 heavy (non-hydrogen) atoms. The van der Waals surface area contributed by atoms with Crippen LogP contribution >= 0.6 is 0 Å². The zero-order valence-electron chi connectivity index (χ0n) is 15.6. The lowest BCUT2D eigenvalue weighted by Crippen LogP contribution is -2.30. The van der Waals surface area contributed by atoms with Gasteiger partial charge in [-0.3, -0.25) is 9.78 Å². The van der Waals surface area contributed by atoms with Gasteiger partial charge in [0.15, 0.2) is 0 Å². The Morgan fingerprint density at radius 1 is 1.00 bits per heavy atom. The standard InChI is InChI=1S/C23H25N3O/c1-2-3-14-25-21-15-20(16-24-17-21)23(27)26(22-12-8-5-9-13-22)18-19-10-6-4-7-11-19/h4-13,15-17,25H,2-3,14,18H2,1H3. The minimum atomic E-state index is -0.0586. The molecule has 4 heteroatoms. The van der Waals surface area contributed by atoms with Gasteiger partial charge in [0.1, 0.15) is 0 Å². The topological polar surface area (TPSA) is 45.2 Å². The van der Waals surface area contributed by atoms with Crippen LogP contribution in [0, 0.1) is 0 Å². The molecule has 0 aliphatic carbocycles. The highest BCUT2D eigenvalue weighted by Gasteiger charge is 2.18. The molecule has 1 heterocycles. The number of para-hydroxylation sites is 1. The minimum Gasteiger partial charge on any atom is -0.384 e. The SMILES string of the molecule is CCCCNc1cncc(C(=O)N(Cc2ccccc2)c2ccccc2)c1. The van der Waals surface area contributed by atoms with Crippen molar-refractivity contribution >= 4 is 17.3 Å². The minimum absolute atomic E-state index is 0.0586. The monoisotopic (exact) mass is 359 g/mol. The predicted octanol–water partition coefficient (Wildman–Crippen LogP) is 5.14. The average molecular weight is 359 g/mol. The number of nitrogens with one attached hydrogen (secondary N) is 1. The fourth-order valence-electron chi connectivity index (χ4n) is 2.87. The highest BCUT2D eigenvalue weighted by atomic mass is 16.2. The van der Waals surface area contributed by atoms with Crippen LogP contribution in [0.4, 0.5) is 11.4 Å². The van der Waals surface area contributed by atoms with Crippen LogP contribution < -0.4 is 10.2 Å². The predicted molar refractivity (Wildman–Crippen MR) is 111 cm³/mol. The normalized spacial score (nSPS) is 10.4. The molecule has 4 nitrogen and oxygen atoms in total. The van der Waals surface area contributed by atoms with Gasteiger partial charge in [0.05, 0.1) is 17.8 Å². The fraction of sp³-hybridized carbons (Fsp3) is 0.217. The first-order chi connectivity index (χ1) is 13.3. The summed E-state index contributed by atoms with van der Waals surface area (Å²) < 4.78 is 0. The Bertz CT molecular complexity index is 850. The number of aromatic nitrogens is 1. The summed E-state index contributed by atoms with van der Waals surface area (Å²) in [5.41, 5.74) is 3.41. The molecule has 0 aliphatic heterocycles. The lowest BCUT2D eigenvalue weighted by molar-refractivity contribution is 0.0985. The largest absolute Gasteiger partial charge is 0.384 e. The van der Waals surface area contributed by atoms with Gasteiger partial charge in [0, 0.05) is 24.6 Å². The van der Waals surface area contributed by atoms with Crippen molar-refractivity contribution in [3.05, 3.63) is 90.3 Å². The number of carbonyl (C=O) groups is 1. The van der Waals surface area contributed by atoms with Crippen molar-refractivity contribution in [2.75, 3.05) is 16.8 Å². The Morgan fingerprint density at radius 3 is 2.41 bits per heavy atom. The maximum Gasteiger partial charge on any atom is 0.260 e. The summed E-state index contributed by atoms with van der Waals surface area (Å²) in [5.74, 6) is -0.0586. The van der Waals surface area contributed by atoms with Gasteiger partial charge in [-0.05, 0) is 30.2 Å². The summed E-state index contributed by atoms with van der Waals surface area (Å²) >= 11 is 0. The lowest BCUT2D eigenvalue weighted by atomic mass is 10.1. The van der Waals surface area contributed by atoms with Crippen molar-refractivity contribution in [2.45, 2.75) is 26.3 Å². The molecule has 0 atom stereocenters. The molecular formula is C23H25N3O. The van der Waals surface area contributed by atoms with Gasteiger partial charge < -0.3 is 10.2 Å². The molecule has 2 aromatic carbocycles. The van der Waals surface area contributed by atoms with Crippen LogP contribution in [0.25, 0.3) is 0 Å². The van der Waals surface area contributed by atoms with E-state index in [2.05, 4.69) is 17.2 Å². The summed E-state index contributed by atoms with van der Waals surface area (Å²) in [5, 5.41) is 3.34. The molecule has 1 aromatic heterocycles. The number of rotatable bonds is 8. The number of hydrogen-bond acceptors (Lipinski definition) is 3. The summed E-state index contributed by atoms with van der Waals surface area (Å²) in [6, 6.07) is 21.7. The number of hydrogen-bond donors (Lipinski definition) is 1. The van der Waals surface area contributed by atoms with Crippen LogP contribution in [-0.4, -0.2) is 17.4 Å². The summed E-state index contributed by atoms with van der Waals surface area (Å²) in [4.78, 5) is 19.3. The number of unbranched alkanes of at least 4 members (excludes halogenated alkanes) is 1. The van der Waals surface area contributed by atoms with E-state index in [9.17, 15) is 4.79 Å². The van der Waals surface area contributed by atoms with E-state index < -0.39 is 0 Å². The van der Waals surface area contributed by atoms with Crippen molar-refractivity contribution in [1.29, 1.82) is 0 Å². The van der Waals surface area contributed by atoms with Crippen LogP contribution in [0.5, 0.6) is 0 Å². The van der Waals surface area contributed by atoms with Crippen LogP contribution in [0.1, 0.15) is 35.7 Å². The first-order valence-electron chi connectivity index (χ1n) is 9.37. The second kappa shape index (κ2) is 9.53. The molecule has 0 saturated carbocycles. The number of anilines is 2. The molecule has 0 unspecified atom stereocenters. The molecule has 0 radical (unpaired) electrons. The van der Waals surface area contributed by atoms with Crippen LogP contribution in [-0.2, 0) is 6.54 Å². The highest BCUT2D eigenvalue weighted by Crippen LogP contribution is 2.21. The third-order valence-electron chi connectivity index (χ3n) is 4.34. The maximum atomic E-state index is 13.3. The molecule has 1 N–H and O–H groups in total. The van der Waals surface area contributed by atoms with Gasteiger partial charge in [-0.2, -0.15) is 0 Å². The number of carbonyl (C=O) groups excluding carboxylic acids is 1. The molecule has 3 aromatic rings. The second-order valence-corrected chi connectivity index (χ2v) is 6.46. The van der Waals surface area contributed by atoms with E-state index in [0.29, 0.717) is 12.1 Å². The van der Waals surface area contributed by atoms with Gasteiger partial charge in [0.25, 0.3) is 5.91 Å². The molecule has 0 saturated heterocycles. The van der Waals surface area contributed by atoms with Crippen molar-refractivity contribution < 1.29 is 4.79 Å². The van der Waals surface area contributed by atoms with E-state index in [1.165, 1.54) is 0 Å². The van der Waals surface area contributed by atoms with Crippen LogP contribution in [0.15, 0.2) is 79.1 Å². The van der Waals surface area contributed by atoms with Crippen molar-refractivity contribution in [1.82, 2.24) is 4.98 Å². The molecule has 3 rings (SSSR count). The number of benzene rings is 2. The second-order valence-electron chi connectivity index (χ2n) is 6.46. The van der Waals surface area contributed by atoms with Crippen molar-refractivity contribution in [3.63, 3.8) is 0 Å². The quantitative estimate of drug-likeness (QED) is 0.566. The Kier molecular flexibility index (Phi) is 6.58. The van der Waals surface area contributed by atoms with Gasteiger partial charge >= 0.3 is 0 Å². The number of nitrogens with zero attached hydrogens (tertiary/aromatic N) is 2. The molecule has 0 fully saturated rings. The van der Waals surface area contributed by atoms with Crippen LogP contribution in [0.3, 0.4) is 0 Å². The first-order valence-corrected chi connectivity index (χ1v) is 9.37. The Morgan fingerprint density at radius 2 is 1.70 bits per heavy atom. The summed E-state index contributed by atoms with van der Waals surface area (Å²) in [6.07, 6.45) is 5.60. The smallest absolute Gasteiger partial charge is 0.260 e. The fourth-order valence-corrected chi connectivity index (χ4v) is 2.87. The molecule has 138 valence electrons. The van der Waals surface area contributed by atoms with E-state index >= 15 is 0 Å². The van der Waals surface area contributed by atoms with Crippen molar-refractivity contribution in [2.24, 2.45) is 0 Å². The summed E-state index contributed by atoms with van der Waals surface area (Å²) in [7, 11) is 0.